The Bertz CT molecular complexity index is 1240. The van der Waals surface area contributed by atoms with Crippen molar-refractivity contribution in [1.82, 2.24) is 24.5 Å². The molecule has 0 saturated carbocycles. The molecule has 4 rings (SSSR count). The summed E-state index contributed by atoms with van der Waals surface area (Å²) < 4.78 is 15.0. The van der Waals surface area contributed by atoms with Crippen molar-refractivity contribution in [3.05, 3.63) is 75.0 Å². The molecule has 7 nitrogen and oxygen atoms in total. The Labute approximate surface area is 179 Å². The van der Waals surface area contributed by atoms with Crippen molar-refractivity contribution >= 4 is 40.0 Å². The number of carbonyl (C=O) groups is 1. The van der Waals surface area contributed by atoms with E-state index in [1.807, 2.05) is 5.38 Å². The van der Waals surface area contributed by atoms with Crippen LogP contribution in [0.2, 0.25) is 0 Å². The summed E-state index contributed by atoms with van der Waals surface area (Å²) in [7, 11) is 0. The van der Waals surface area contributed by atoms with Crippen LogP contribution in [0.5, 0.6) is 0 Å². The predicted molar refractivity (Wildman–Crippen MR) is 113 cm³/mol. The van der Waals surface area contributed by atoms with Gasteiger partial charge >= 0.3 is 0 Å². The molecule has 0 unspecified atom stereocenters. The highest BCUT2D eigenvalue weighted by Gasteiger charge is 2.15. The molecule has 0 radical (unpaired) electrons. The van der Waals surface area contributed by atoms with Crippen LogP contribution in [0.3, 0.4) is 0 Å². The Kier molecular flexibility index (Phi) is 6.24. The number of ketones is 1. The fourth-order valence-corrected chi connectivity index (χ4v) is 4.39. The lowest BCUT2D eigenvalue weighted by molar-refractivity contribution is -0.116. The van der Waals surface area contributed by atoms with Crippen molar-refractivity contribution in [1.29, 1.82) is 0 Å². The van der Waals surface area contributed by atoms with Gasteiger partial charge in [0.05, 0.1) is 17.2 Å². The highest BCUT2D eigenvalue weighted by atomic mass is 32.2. The van der Waals surface area contributed by atoms with E-state index in [1.165, 1.54) is 52.2 Å². The number of thiazole rings is 1. The van der Waals surface area contributed by atoms with Crippen molar-refractivity contribution in [3.8, 4) is 0 Å². The zero-order valence-corrected chi connectivity index (χ0v) is 17.3. The van der Waals surface area contributed by atoms with Gasteiger partial charge in [-0.15, -0.1) is 11.3 Å². The topological polar surface area (TPSA) is 90.6 Å². The molecule has 0 aliphatic heterocycles. The van der Waals surface area contributed by atoms with E-state index in [0.717, 1.165) is 10.6 Å². The molecule has 0 aliphatic carbocycles. The second-order valence-corrected chi connectivity index (χ2v) is 8.31. The van der Waals surface area contributed by atoms with Crippen molar-refractivity contribution in [2.45, 2.75) is 24.5 Å². The van der Waals surface area contributed by atoms with Crippen LogP contribution < -0.4 is 5.56 Å². The molecule has 4 aromatic rings. The lowest BCUT2D eigenvalue weighted by atomic mass is 10.1. The summed E-state index contributed by atoms with van der Waals surface area (Å²) in [6.07, 6.45) is 5.24. The van der Waals surface area contributed by atoms with Gasteiger partial charge in [-0.1, -0.05) is 23.9 Å². The molecule has 152 valence electrons. The van der Waals surface area contributed by atoms with Gasteiger partial charge in [0.25, 0.3) is 5.56 Å². The van der Waals surface area contributed by atoms with E-state index in [-0.39, 0.29) is 47.0 Å². The standard InChI is InChI=1S/C20H16FN5O2S2/c21-14-3-1-2-13(10-14)4-8-26-19(28)17-18(24-6-5-23-17)25-20(26)30-12-15(27)11-16-22-7-9-29-16/h1-3,5-7,9-10H,4,8,11-12H2. The van der Waals surface area contributed by atoms with Gasteiger partial charge < -0.3 is 0 Å². The number of rotatable bonds is 8. The monoisotopic (exact) mass is 441 g/mol. The third-order valence-electron chi connectivity index (χ3n) is 4.27. The number of benzene rings is 1. The van der Waals surface area contributed by atoms with Crippen LogP contribution in [0.25, 0.3) is 11.2 Å². The first-order chi connectivity index (χ1) is 14.6. The van der Waals surface area contributed by atoms with Gasteiger partial charge in [-0.2, -0.15) is 0 Å². The number of thioether (sulfide) groups is 1. The van der Waals surface area contributed by atoms with Gasteiger partial charge in [-0.3, -0.25) is 14.2 Å². The number of fused-ring (bicyclic) bond motifs is 1. The average Bonchev–Trinajstić information content (AvgIpc) is 3.25. The number of aromatic nitrogens is 5. The Morgan fingerprint density at radius 1 is 1.17 bits per heavy atom. The summed E-state index contributed by atoms with van der Waals surface area (Å²) in [6.45, 7) is 0.283. The summed E-state index contributed by atoms with van der Waals surface area (Å²) in [5.41, 5.74) is 0.825. The summed E-state index contributed by atoms with van der Waals surface area (Å²) in [6, 6.07) is 6.24. The first-order valence-corrected chi connectivity index (χ1v) is 11.0. The second kappa shape index (κ2) is 9.23. The molecule has 0 atom stereocenters. The SMILES string of the molecule is O=C(CSc1nc2nccnc2c(=O)n1CCc1cccc(F)c1)Cc1nccs1. The zero-order chi connectivity index (χ0) is 20.9. The lowest BCUT2D eigenvalue weighted by Gasteiger charge is -2.12. The van der Waals surface area contributed by atoms with Crippen LogP contribution in [0, 0.1) is 5.82 Å². The van der Waals surface area contributed by atoms with Crippen LogP contribution in [0.4, 0.5) is 4.39 Å². The molecule has 0 amide bonds. The number of Topliss-reactive ketones (excluding diaryl/α,β-unsaturated/α-hetero) is 1. The number of hydrogen-bond donors (Lipinski definition) is 0. The van der Waals surface area contributed by atoms with E-state index in [1.54, 1.807) is 18.3 Å². The molecule has 0 aliphatic rings. The van der Waals surface area contributed by atoms with Gasteiger partial charge in [0.15, 0.2) is 16.3 Å². The van der Waals surface area contributed by atoms with Crippen molar-refractivity contribution < 1.29 is 9.18 Å². The summed E-state index contributed by atoms with van der Waals surface area (Å²) >= 11 is 2.61. The zero-order valence-electron chi connectivity index (χ0n) is 15.7. The third kappa shape index (κ3) is 4.77. The molecule has 0 saturated heterocycles. The van der Waals surface area contributed by atoms with Crippen LogP contribution >= 0.6 is 23.1 Å². The molecule has 0 spiro atoms. The minimum atomic E-state index is -0.334. The quantitative estimate of drug-likeness (QED) is 0.307. The lowest BCUT2D eigenvalue weighted by Crippen LogP contribution is -2.26. The number of carbonyl (C=O) groups excluding carboxylic acids is 1. The number of nitrogens with zero attached hydrogens (tertiary/aromatic N) is 5. The van der Waals surface area contributed by atoms with E-state index in [0.29, 0.717) is 11.6 Å². The van der Waals surface area contributed by atoms with Crippen LogP contribution in [-0.4, -0.2) is 36.0 Å². The van der Waals surface area contributed by atoms with Gasteiger partial charge in [0.1, 0.15) is 11.6 Å². The van der Waals surface area contributed by atoms with E-state index in [9.17, 15) is 14.0 Å². The van der Waals surface area contributed by atoms with Gasteiger partial charge in [0.2, 0.25) is 0 Å². The normalized spacial score (nSPS) is 11.1. The van der Waals surface area contributed by atoms with E-state index < -0.39 is 0 Å². The first kappa shape index (κ1) is 20.3. The summed E-state index contributed by atoms with van der Waals surface area (Å²) in [5, 5.41) is 2.96. The summed E-state index contributed by atoms with van der Waals surface area (Å²) in [5.74, 6) is -0.192. The molecule has 0 bridgehead atoms. The van der Waals surface area contributed by atoms with Crippen molar-refractivity contribution in [3.63, 3.8) is 0 Å². The Morgan fingerprint density at radius 3 is 2.83 bits per heavy atom. The smallest absolute Gasteiger partial charge is 0.282 e. The maximum atomic E-state index is 13.5. The average molecular weight is 442 g/mol. The molecule has 10 heteroatoms. The van der Waals surface area contributed by atoms with Crippen LogP contribution in [-0.2, 0) is 24.2 Å². The van der Waals surface area contributed by atoms with Gasteiger partial charge in [-0.25, -0.2) is 24.3 Å². The summed E-state index contributed by atoms with van der Waals surface area (Å²) in [4.78, 5) is 42.1. The molecule has 0 fully saturated rings. The molecular weight excluding hydrogens is 425 g/mol. The largest absolute Gasteiger partial charge is 0.298 e. The van der Waals surface area contributed by atoms with Crippen LogP contribution in [0.1, 0.15) is 10.6 Å². The minimum absolute atomic E-state index is 0.0138. The van der Waals surface area contributed by atoms with Gasteiger partial charge in [0, 0.05) is 30.5 Å². The fourth-order valence-electron chi connectivity index (χ4n) is 2.87. The van der Waals surface area contributed by atoms with Crippen molar-refractivity contribution in [2.24, 2.45) is 0 Å². The van der Waals surface area contributed by atoms with Crippen LogP contribution in [0.15, 0.2) is 58.2 Å². The maximum absolute atomic E-state index is 13.5. The molecule has 1 aromatic carbocycles. The molecule has 3 heterocycles. The first-order valence-electron chi connectivity index (χ1n) is 9.09. The van der Waals surface area contributed by atoms with E-state index in [4.69, 9.17) is 0 Å². The highest BCUT2D eigenvalue weighted by Crippen LogP contribution is 2.18. The second-order valence-electron chi connectivity index (χ2n) is 6.39. The Hall–Kier alpha value is -2.98. The van der Waals surface area contributed by atoms with E-state index >= 15 is 0 Å². The minimum Gasteiger partial charge on any atom is -0.298 e. The molecule has 3 aromatic heterocycles. The Morgan fingerprint density at radius 2 is 2.03 bits per heavy atom. The molecular formula is C20H16FN5O2S2. The predicted octanol–water partition coefficient (Wildman–Crippen LogP) is 2.93. The fraction of sp³-hybridized carbons (Fsp3) is 0.200. The van der Waals surface area contributed by atoms with E-state index in [2.05, 4.69) is 19.9 Å². The number of aryl methyl sites for hydroxylation is 1. The Balaban J connectivity index is 1.58. The maximum Gasteiger partial charge on any atom is 0.282 e. The number of hydrogen-bond acceptors (Lipinski definition) is 8. The van der Waals surface area contributed by atoms with Gasteiger partial charge in [-0.05, 0) is 24.1 Å². The number of halogens is 1. The molecule has 0 N–H and O–H groups in total. The third-order valence-corrected chi connectivity index (χ3v) is 6.08. The molecule has 30 heavy (non-hydrogen) atoms. The van der Waals surface area contributed by atoms with Crippen molar-refractivity contribution in [2.75, 3.05) is 5.75 Å². The highest BCUT2D eigenvalue weighted by molar-refractivity contribution is 7.99.